The minimum absolute atomic E-state index is 0.107. The smallest absolute Gasteiger partial charge is 0.191 e. The van der Waals surface area contributed by atoms with Gasteiger partial charge in [0, 0.05) is 11.8 Å². The second kappa shape index (κ2) is 3.71. The van der Waals surface area contributed by atoms with Crippen LogP contribution in [0.15, 0.2) is 24.9 Å². The zero-order valence-corrected chi connectivity index (χ0v) is 7.82. The van der Waals surface area contributed by atoms with Crippen molar-refractivity contribution in [3.05, 3.63) is 36.3 Å². The average molecular weight is 213 g/mol. The summed E-state index contributed by atoms with van der Waals surface area (Å²) in [5.41, 5.74) is 0.396. The molecular weight excluding hydrogens is 207 g/mol. The summed E-state index contributed by atoms with van der Waals surface area (Å²) in [7, 11) is 0. The maximum absolute atomic E-state index is 13.6. The quantitative estimate of drug-likeness (QED) is 0.710. The van der Waals surface area contributed by atoms with Crippen LogP contribution in [0.1, 0.15) is 5.56 Å². The first kappa shape index (κ1) is 9.08. The van der Waals surface area contributed by atoms with Gasteiger partial charge in [0.15, 0.2) is 11.6 Å². The van der Waals surface area contributed by atoms with Crippen molar-refractivity contribution < 1.29 is 4.39 Å². The van der Waals surface area contributed by atoms with Crippen molar-refractivity contribution >= 4 is 11.6 Å². The molecule has 4 nitrogen and oxygen atoms in total. The Morgan fingerprint density at radius 2 is 2.36 bits per heavy atom. The molecule has 0 aliphatic heterocycles. The molecule has 0 spiro atoms. The number of aromatic nitrogens is 4. The van der Waals surface area contributed by atoms with E-state index in [0.29, 0.717) is 5.56 Å². The highest BCUT2D eigenvalue weighted by atomic mass is 35.5. The lowest BCUT2D eigenvalue weighted by atomic mass is 10.3. The van der Waals surface area contributed by atoms with E-state index >= 15 is 0 Å². The standard InChI is InChI=1S/C8H6ClFN4/c9-3-6-1-2-12-8(7(6)10)14-5-11-4-13-14/h1-2,4-5H,3H2. The summed E-state index contributed by atoms with van der Waals surface area (Å²) in [6.07, 6.45) is 4.18. The third-order valence-electron chi connectivity index (χ3n) is 1.73. The number of hydrogen-bond donors (Lipinski definition) is 0. The molecule has 0 N–H and O–H groups in total. The maximum Gasteiger partial charge on any atom is 0.191 e. The van der Waals surface area contributed by atoms with E-state index in [0.717, 1.165) is 0 Å². The van der Waals surface area contributed by atoms with Crippen LogP contribution in [0.5, 0.6) is 0 Å². The van der Waals surface area contributed by atoms with Crippen LogP contribution in [-0.4, -0.2) is 19.7 Å². The first-order valence-electron chi connectivity index (χ1n) is 3.87. The third-order valence-corrected chi connectivity index (χ3v) is 2.02. The Kier molecular flexibility index (Phi) is 2.41. The van der Waals surface area contributed by atoms with Crippen LogP contribution in [-0.2, 0) is 5.88 Å². The minimum Gasteiger partial charge on any atom is -0.234 e. The number of nitrogens with zero attached hydrogens (tertiary/aromatic N) is 4. The van der Waals surface area contributed by atoms with E-state index in [1.54, 1.807) is 0 Å². The van der Waals surface area contributed by atoms with Gasteiger partial charge in [-0.3, -0.25) is 0 Å². The van der Waals surface area contributed by atoms with E-state index in [4.69, 9.17) is 11.6 Å². The summed E-state index contributed by atoms with van der Waals surface area (Å²) in [5.74, 6) is -0.246. The monoisotopic (exact) mass is 212 g/mol. The Balaban J connectivity index is 2.54. The fraction of sp³-hybridized carbons (Fsp3) is 0.125. The highest BCUT2D eigenvalue weighted by molar-refractivity contribution is 6.17. The van der Waals surface area contributed by atoms with Crippen LogP contribution in [0, 0.1) is 5.82 Å². The fourth-order valence-corrected chi connectivity index (χ4v) is 1.26. The molecular formula is C8H6ClFN4. The predicted octanol–water partition coefficient (Wildman–Crippen LogP) is 1.54. The molecule has 14 heavy (non-hydrogen) atoms. The Hall–Kier alpha value is -1.49. The fourth-order valence-electron chi connectivity index (χ4n) is 1.05. The van der Waals surface area contributed by atoms with Crippen molar-refractivity contribution in [1.29, 1.82) is 0 Å². The Morgan fingerprint density at radius 1 is 1.50 bits per heavy atom. The van der Waals surface area contributed by atoms with Gasteiger partial charge < -0.3 is 0 Å². The van der Waals surface area contributed by atoms with Crippen molar-refractivity contribution in [3.63, 3.8) is 0 Å². The van der Waals surface area contributed by atoms with Crippen molar-refractivity contribution in [2.75, 3.05) is 0 Å². The molecule has 0 bridgehead atoms. The lowest BCUT2D eigenvalue weighted by Gasteiger charge is -2.03. The molecule has 6 heteroatoms. The summed E-state index contributed by atoms with van der Waals surface area (Å²) in [4.78, 5) is 7.56. The summed E-state index contributed by atoms with van der Waals surface area (Å²) >= 11 is 5.55. The third kappa shape index (κ3) is 1.46. The summed E-state index contributed by atoms with van der Waals surface area (Å²) in [6.45, 7) is 0. The minimum atomic E-state index is -0.465. The van der Waals surface area contributed by atoms with Gasteiger partial charge >= 0.3 is 0 Å². The molecule has 0 radical (unpaired) electrons. The van der Waals surface area contributed by atoms with Gasteiger partial charge in [-0.05, 0) is 6.07 Å². The van der Waals surface area contributed by atoms with Crippen molar-refractivity contribution in [3.8, 4) is 5.82 Å². The van der Waals surface area contributed by atoms with Gasteiger partial charge in [-0.2, -0.15) is 9.78 Å². The zero-order chi connectivity index (χ0) is 9.97. The van der Waals surface area contributed by atoms with Gasteiger partial charge in [0.1, 0.15) is 12.7 Å². The van der Waals surface area contributed by atoms with Gasteiger partial charge in [-0.15, -0.1) is 11.6 Å². The van der Waals surface area contributed by atoms with Crippen molar-refractivity contribution in [2.45, 2.75) is 5.88 Å². The molecule has 2 aromatic heterocycles. The Labute approximate surface area is 84.4 Å². The van der Waals surface area contributed by atoms with Crippen LogP contribution in [0.25, 0.3) is 5.82 Å². The summed E-state index contributed by atoms with van der Waals surface area (Å²) < 4.78 is 14.9. The SMILES string of the molecule is Fc1c(CCl)ccnc1-n1cncn1. The highest BCUT2D eigenvalue weighted by Gasteiger charge is 2.10. The topological polar surface area (TPSA) is 43.6 Å². The van der Waals surface area contributed by atoms with Gasteiger partial charge in [0.05, 0.1) is 5.88 Å². The van der Waals surface area contributed by atoms with Crippen molar-refractivity contribution in [1.82, 2.24) is 19.7 Å². The molecule has 0 fully saturated rings. The van der Waals surface area contributed by atoms with E-state index in [1.807, 2.05) is 0 Å². The largest absolute Gasteiger partial charge is 0.234 e. The van der Waals surface area contributed by atoms with E-state index < -0.39 is 5.82 Å². The van der Waals surface area contributed by atoms with Crippen LogP contribution >= 0.6 is 11.6 Å². The Morgan fingerprint density at radius 3 is 3.00 bits per heavy atom. The highest BCUT2D eigenvalue weighted by Crippen LogP contribution is 2.14. The van der Waals surface area contributed by atoms with E-state index in [2.05, 4.69) is 15.1 Å². The summed E-state index contributed by atoms with van der Waals surface area (Å²) in [6, 6.07) is 1.53. The predicted molar refractivity (Wildman–Crippen MR) is 48.7 cm³/mol. The van der Waals surface area contributed by atoms with Crippen LogP contribution < -0.4 is 0 Å². The van der Waals surface area contributed by atoms with E-state index in [-0.39, 0.29) is 11.7 Å². The van der Waals surface area contributed by atoms with Gasteiger partial charge in [-0.1, -0.05) is 0 Å². The van der Waals surface area contributed by atoms with Gasteiger partial charge in [0.25, 0.3) is 0 Å². The Bertz CT molecular complexity index is 429. The second-order valence-corrected chi connectivity index (χ2v) is 2.85. The maximum atomic E-state index is 13.6. The second-order valence-electron chi connectivity index (χ2n) is 2.58. The molecule has 2 heterocycles. The number of pyridine rings is 1. The molecule has 0 saturated carbocycles. The molecule has 0 unspecified atom stereocenters. The normalized spacial score (nSPS) is 10.4. The summed E-state index contributed by atoms with van der Waals surface area (Å²) in [5, 5.41) is 3.78. The molecule has 0 saturated heterocycles. The first-order valence-corrected chi connectivity index (χ1v) is 4.40. The number of halogens is 2. The van der Waals surface area contributed by atoms with Gasteiger partial charge in [0.2, 0.25) is 0 Å². The molecule has 0 amide bonds. The van der Waals surface area contributed by atoms with E-state index in [9.17, 15) is 4.39 Å². The molecule has 2 aromatic rings. The number of hydrogen-bond acceptors (Lipinski definition) is 3. The van der Waals surface area contributed by atoms with Crippen molar-refractivity contribution in [2.24, 2.45) is 0 Å². The number of alkyl halides is 1. The lowest BCUT2D eigenvalue weighted by Crippen LogP contribution is -2.03. The van der Waals surface area contributed by atoms with E-state index in [1.165, 1.54) is 29.6 Å². The van der Waals surface area contributed by atoms with Gasteiger partial charge in [-0.25, -0.2) is 14.4 Å². The molecule has 0 aliphatic rings. The molecule has 0 aliphatic carbocycles. The molecule has 2 rings (SSSR count). The van der Waals surface area contributed by atoms with Crippen LogP contribution in [0.4, 0.5) is 4.39 Å². The molecule has 0 aromatic carbocycles. The average Bonchev–Trinajstić information content (AvgIpc) is 2.71. The van der Waals surface area contributed by atoms with Crippen LogP contribution in [0.2, 0.25) is 0 Å². The number of rotatable bonds is 2. The zero-order valence-electron chi connectivity index (χ0n) is 7.06. The first-order chi connectivity index (χ1) is 6.83. The van der Waals surface area contributed by atoms with Crippen LogP contribution in [0.3, 0.4) is 0 Å². The lowest BCUT2D eigenvalue weighted by molar-refractivity contribution is 0.590. The molecule has 72 valence electrons. The molecule has 0 atom stereocenters.